The number of halogens is 1. The first-order valence-corrected chi connectivity index (χ1v) is 16.0. The maximum absolute atomic E-state index is 13.9. The van der Waals surface area contributed by atoms with Gasteiger partial charge in [0.05, 0.1) is 22.0 Å². The van der Waals surface area contributed by atoms with Crippen molar-refractivity contribution in [1.82, 2.24) is 19.9 Å². The van der Waals surface area contributed by atoms with Crippen molar-refractivity contribution in [3.63, 3.8) is 0 Å². The quantitative estimate of drug-likeness (QED) is 0.372. The van der Waals surface area contributed by atoms with Gasteiger partial charge in [-0.1, -0.05) is 0 Å². The average Bonchev–Trinajstić information content (AvgIpc) is 3.31. The summed E-state index contributed by atoms with van der Waals surface area (Å²) in [6, 6.07) is 8.38. The minimum atomic E-state index is -3.90. The molecular formula is C29H33FN4O6S2. The lowest BCUT2D eigenvalue weighted by Crippen LogP contribution is -2.67. The van der Waals surface area contributed by atoms with Gasteiger partial charge in [0, 0.05) is 45.9 Å². The Kier molecular flexibility index (Phi) is 6.87. The first-order valence-electron chi connectivity index (χ1n) is 13.7. The largest absolute Gasteiger partial charge is 0.484 e. The van der Waals surface area contributed by atoms with Crippen molar-refractivity contribution in [2.75, 3.05) is 13.2 Å². The van der Waals surface area contributed by atoms with Gasteiger partial charge in [-0.3, -0.25) is 14.5 Å². The van der Waals surface area contributed by atoms with Crippen LogP contribution in [-0.4, -0.2) is 71.1 Å². The van der Waals surface area contributed by atoms with Crippen molar-refractivity contribution >= 4 is 44.6 Å². The van der Waals surface area contributed by atoms with Gasteiger partial charge < -0.3 is 19.8 Å². The summed E-state index contributed by atoms with van der Waals surface area (Å²) in [6.45, 7) is 9.73. The molecule has 3 unspecified atom stereocenters. The molecule has 13 heteroatoms. The fourth-order valence-corrected chi connectivity index (χ4v) is 8.75. The van der Waals surface area contributed by atoms with Crippen molar-refractivity contribution in [3.05, 3.63) is 47.8 Å². The Morgan fingerprint density at radius 2 is 1.95 bits per heavy atom. The molecule has 1 amide bonds. The van der Waals surface area contributed by atoms with Gasteiger partial charge in [0.25, 0.3) is 5.91 Å². The predicted octanol–water partition coefficient (Wildman–Crippen LogP) is 3.51. The number of rotatable bonds is 5. The van der Waals surface area contributed by atoms with Gasteiger partial charge in [-0.15, -0.1) is 11.8 Å². The van der Waals surface area contributed by atoms with E-state index in [1.165, 1.54) is 18.2 Å². The second-order valence-electron chi connectivity index (χ2n) is 12.4. The van der Waals surface area contributed by atoms with Gasteiger partial charge in [-0.05, 0) is 65.0 Å². The molecule has 3 atom stereocenters. The Bertz CT molecular complexity index is 1710. The minimum Gasteiger partial charge on any atom is -0.484 e. The molecule has 0 saturated carbocycles. The van der Waals surface area contributed by atoms with Crippen LogP contribution < -0.4 is 14.8 Å². The topological polar surface area (TPSA) is 130 Å². The van der Waals surface area contributed by atoms with Crippen molar-refractivity contribution < 1.29 is 31.9 Å². The Morgan fingerprint density at radius 3 is 2.69 bits per heavy atom. The third-order valence-corrected chi connectivity index (χ3v) is 10.8. The third kappa shape index (κ3) is 5.16. The third-order valence-electron chi connectivity index (χ3n) is 7.66. The molecule has 3 aliphatic heterocycles. The number of aromatic nitrogens is 1. The molecule has 0 spiro atoms. The number of ether oxygens (including phenoxy) is 2. The summed E-state index contributed by atoms with van der Waals surface area (Å²) in [5, 5.41) is 3.52. The second-order valence-corrected chi connectivity index (χ2v) is 15.9. The molecule has 224 valence electrons. The Labute approximate surface area is 247 Å². The van der Waals surface area contributed by atoms with Gasteiger partial charge in [0.15, 0.2) is 6.61 Å². The molecule has 4 heterocycles. The maximum Gasteiger partial charge on any atom is 0.325 e. The highest BCUT2D eigenvalue weighted by Gasteiger charge is 2.60. The molecule has 2 fully saturated rings. The van der Waals surface area contributed by atoms with Crippen LogP contribution in [0.3, 0.4) is 0 Å². The minimum absolute atomic E-state index is 0.00130. The fraction of sp³-hybridized carbons (Fsp3) is 0.448. The molecule has 42 heavy (non-hydrogen) atoms. The molecule has 0 radical (unpaired) electrons. The van der Waals surface area contributed by atoms with E-state index in [0.717, 1.165) is 0 Å². The number of carbonyl (C=O) groups excluding carboxylic acids is 2. The van der Waals surface area contributed by atoms with Crippen LogP contribution in [0.15, 0.2) is 41.3 Å². The van der Waals surface area contributed by atoms with E-state index >= 15 is 0 Å². The number of aromatic amines is 1. The summed E-state index contributed by atoms with van der Waals surface area (Å²) in [7, 11) is -3.90. The summed E-state index contributed by atoms with van der Waals surface area (Å²) in [6.07, 6.45) is 0. The van der Waals surface area contributed by atoms with E-state index in [1.807, 2.05) is 34.6 Å². The Hall–Kier alpha value is -3.13. The normalized spacial score (nSPS) is 24.1. The van der Waals surface area contributed by atoms with Crippen LogP contribution in [0.2, 0.25) is 0 Å². The molecular weight excluding hydrogens is 583 g/mol. The number of nitrogens with zero attached hydrogens (tertiary/aromatic N) is 1. The highest BCUT2D eigenvalue weighted by molar-refractivity contribution is 8.01. The van der Waals surface area contributed by atoms with E-state index < -0.39 is 27.5 Å². The molecule has 3 N–H and O–H groups in total. The summed E-state index contributed by atoms with van der Waals surface area (Å²) < 4.78 is 53.6. The number of H-pyrrole nitrogens is 1. The number of sulfonamides is 1. The molecule has 2 saturated heterocycles. The van der Waals surface area contributed by atoms with Gasteiger partial charge in [0.1, 0.15) is 23.2 Å². The number of esters is 1. The molecule has 3 aromatic rings. The van der Waals surface area contributed by atoms with Crippen LogP contribution in [0.5, 0.6) is 5.75 Å². The zero-order chi connectivity index (χ0) is 30.2. The van der Waals surface area contributed by atoms with E-state index in [0.29, 0.717) is 34.3 Å². The molecule has 1 aromatic heterocycles. The van der Waals surface area contributed by atoms with Gasteiger partial charge in [-0.25, -0.2) is 17.5 Å². The summed E-state index contributed by atoms with van der Waals surface area (Å²) in [4.78, 5) is 31.0. The average molecular weight is 617 g/mol. The van der Waals surface area contributed by atoms with Gasteiger partial charge >= 0.3 is 5.97 Å². The molecule has 10 nitrogen and oxygen atoms in total. The zero-order valence-electron chi connectivity index (χ0n) is 23.9. The number of thioether (sulfide) groups is 1. The van der Waals surface area contributed by atoms with Gasteiger partial charge in [0.2, 0.25) is 10.0 Å². The van der Waals surface area contributed by atoms with Crippen molar-refractivity contribution in [2.45, 2.75) is 73.9 Å². The van der Waals surface area contributed by atoms with Crippen LogP contribution in [0.1, 0.15) is 40.2 Å². The Morgan fingerprint density at radius 1 is 1.19 bits per heavy atom. The smallest absolute Gasteiger partial charge is 0.325 e. The first kappa shape index (κ1) is 29.0. The molecule has 2 aromatic carbocycles. The number of fused-ring (bicyclic) bond motifs is 6. The maximum atomic E-state index is 13.9. The first-order chi connectivity index (χ1) is 19.6. The number of hydrogen-bond acceptors (Lipinski definition) is 8. The van der Waals surface area contributed by atoms with Crippen molar-refractivity contribution in [3.8, 4) is 17.0 Å². The van der Waals surface area contributed by atoms with Crippen molar-refractivity contribution in [2.24, 2.45) is 0 Å². The SMILES string of the molecule is CC(C)(C)OC(=O)C1N2CC(NC(=O)COc3ccc4c(c3)S(=O)(=O)NCc3c-4[nH]c4ccc(F)cc34)C2SC1(C)C. The molecule has 0 aliphatic carbocycles. The van der Waals surface area contributed by atoms with E-state index in [1.54, 1.807) is 30.0 Å². The van der Waals surface area contributed by atoms with E-state index in [9.17, 15) is 22.4 Å². The number of amides is 1. The van der Waals surface area contributed by atoms with Crippen LogP contribution in [0, 0.1) is 5.82 Å². The lowest BCUT2D eigenvalue weighted by molar-refractivity contribution is -0.164. The fourth-order valence-electron chi connectivity index (χ4n) is 5.88. The summed E-state index contributed by atoms with van der Waals surface area (Å²) >= 11 is 1.63. The Balaban J connectivity index is 1.13. The highest BCUT2D eigenvalue weighted by Crippen LogP contribution is 2.50. The van der Waals surface area contributed by atoms with Crippen LogP contribution in [0.4, 0.5) is 4.39 Å². The van der Waals surface area contributed by atoms with Gasteiger partial charge in [-0.2, -0.15) is 0 Å². The molecule has 3 aliphatic rings. The number of nitrogens with one attached hydrogen (secondary N) is 3. The number of carbonyl (C=O) groups is 2. The zero-order valence-corrected chi connectivity index (χ0v) is 25.5. The second kappa shape index (κ2) is 9.97. The van der Waals surface area contributed by atoms with E-state index in [2.05, 4.69) is 19.9 Å². The van der Waals surface area contributed by atoms with Crippen molar-refractivity contribution in [1.29, 1.82) is 0 Å². The summed E-state index contributed by atoms with van der Waals surface area (Å²) in [5.74, 6) is -0.813. The van der Waals surface area contributed by atoms with Crippen LogP contribution in [0.25, 0.3) is 22.2 Å². The lowest BCUT2D eigenvalue weighted by atomic mass is 9.96. The predicted molar refractivity (Wildman–Crippen MR) is 157 cm³/mol. The molecule has 0 bridgehead atoms. The molecule has 6 rings (SSSR count). The summed E-state index contributed by atoms with van der Waals surface area (Å²) in [5.41, 5.74) is 1.77. The highest BCUT2D eigenvalue weighted by atomic mass is 32.2. The standard InChI is InChI=1S/C29H33FN4O6S2/c1-28(2,3)40-27(36)25-29(4,5)41-26-21(13-34(25)26)32-23(35)14-39-16-7-8-17-22(11-16)42(37,38)31-12-19-18-10-15(30)6-9-20(18)33-24(17)19/h6-11,21,25-26,31,33H,12-14H2,1-5H3,(H,32,35). The van der Waals surface area contributed by atoms with E-state index in [-0.39, 0.29) is 51.8 Å². The van der Waals surface area contributed by atoms with E-state index in [4.69, 9.17) is 9.47 Å². The lowest BCUT2D eigenvalue weighted by Gasteiger charge is -2.45. The monoisotopic (exact) mass is 616 g/mol. The van der Waals surface area contributed by atoms with Crippen LogP contribution in [-0.2, 0) is 30.9 Å². The van der Waals surface area contributed by atoms with Crippen LogP contribution >= 0.6 is 11.8 Å². The number of benzene rings is 2. The number of hydrogen-bond donors (Lipinski definition) is 3.